The summed E-state index contributed by atoms with van der Waals surface area (Å²) >= 11 is 0. The van der Waals surface area contributed by atoms with E-state index in [4.69, 9.17) is 0 Å². The van der Waals surface area contributed by atoms with Gasteiger partial charge >= 0.3 is 0 Å². The second-order valence-electron chi connectivity index (χ2n) is 10.9. The summed E-state index contributed by atoms with van der Waals surface area (Å²) in [4.78, 5) is 0. The Morgan fingerprint density at radius 1 is 0.788 bits per heavy atom. The Morgan fingerprint density at radius 3 is 1.85 bits per heavy atom. The SMILES string of the molecule is CC(C)(C)S(=O)NC(c1ccccc1)c1ccccc1P(C1CCCCC1)C1CCCCC1. The van der Waals surface area contributed by atoms with Gasteiger partial charge in [0.15, 0.2) is 0 Å². The number of hydrogen-bond donors (Lipinski definition) is 1. The molecular formula is C29H42NOPS. The van der Waals surface area contributed by atoms with Crippen molar-refractivity contribution in [2.75, 3.05) is 0 Å². The van der Waals surface area contributed by atoms with Crippen LogP contribution in [0.3, 0.4) is 0 Å². The zero-order chi connectivity index (χ0) is 23.3. The first-order valence-corrected chi connectivity index (χ1v) is 15.7. The molecule has 2 aromatic carbocycles. The maximum atomic E-state index is 13.3. The highest BCUT2D eigenvalue weighted by Gasteiger charge is 2.35. The molecule has 4 heteroatoms. The van der Waals surface area contributed by atoms with Crippen LogP contribution in [0.25, 0.3) is 0 Å². The van der Waals surface area contributed by atoms with Crippen LogP contribution in [0.4, 0.5) is 0 Å². The van der Waals surface area contributed by atoms with Crippen molar-refractivity contribution in [2.45, 2.75) is 107 Å². The van der Waals surface area contributed by atoms with Gasteiger partial charge in [-0.1, -0.05) is 101 Å². The summed E-state index contributed by atoms with van der Waals surface area (Å²) in [5.41, 5.74) is 4.28. The average molecular weight is 484 g/mol. The number of hydrogen-bond acceptors (Lipinski definition) is 1. The predicted octanol–water partition coefficient (Wildman–Crippen LogP) is 7.60. The Kier molecular flexibility index (Phi) is 8.82. The van der Waals surface area contributed by atoms with Gasteiger partial charge in [0.05, 0.1) is 21.8 Å². The first kappa shape index (κ1) is 25.1. The van der Waals surface area contributed by atoms with Crippen LogP contribution in [0.5, 0.6) is 0 Å². The molecule has 0 bridgehead atoms. The third-order valence-corrected chi connectivity index (χ3v) is 12.5. The van der Waals surface area contributed by atoms with E-state index in [9.17, 15) is 4.21 Å². The minimum Gasteiger partial charge on any atom is -0.242 e. The molecule has 0 spiro atoms. The summed E-state index contributed by atoms with van der Waals surface area (Å²) < 4.78 is 16.6. The fraction of sp³-hybridized carbons (Fsp3) is 0.586. The van der Waals surface area contributed by atoms with Crippen LogP contribution >= 0.6 is 7.92 Å². The van der Waals surface area contributed by atoms with E-state index >= 15 is 0 Å². The van der Waals surface area contributed by atoms with Gasteiger partial charge in [-0.25, -0.2) is 8.93 Å². The summed E-state index contributed by atoms with van der Waals surface area (Å²) in [6.07, 6.45) is 14.0. The highest BCUT2D eigenvalue weighted by Crippen LogP contribution is 2.56. The fourth-order valence-electron chi connectivity index (χ4n) is 5.62. The van der Waals surface area contributed by atoms with Crippen molar-refractivity contribution in [2.24, 2.45) is 0 Å². The highest BCUT2D eigenvalue weighted by molar-refractivity contribution is 7.84. The third-order valence-electron chi connectivity index (χ3n) is 7.38. The molecule has 2 aliphatic rings. The van der Waals surface area contributed by atoms with E-state index in [1.54, 1.807) is 5.30 Å². The molecule has 0 heterocycles. The van der Waals surface area contributed by atoms with Crippen LogP contribution < -0.4 is 10.0 Å². The summed E-state index contributed by atoms with van der Waals surface area (Å²) in [5, 5.41) is 1.58. The molecule has 2 atom stereocenters. The molecule has 4 rings (SSSR count). The maximum absolute atomic E-state index is 13.3. The Bertz CT molecular complexity index is 879. The predicted molar refractivity (Wildman–Crippen MR) is 146 cm³/mol. The Hall–Kier alpha value is -1.02. The zero-order valence-electron chi connectivity index (χ0n) is 20.8. The van der Waals surface area contributed by atoms with Gasteiger partial charge in [-0.05, 0) is 74.2 Å². The third kappa shape index (κ3) is 6.36. The minimum atomic E-state index is -1.14. The van der Waals surface area contributed by atoms with Gasteiger partial charge in [0.2, 0.25) is 0 Å². The monoisotopic (exact) mass is 483 g/mol. The normalized spacial score (nSPS) is 20.6. The van der Waals surface area contributed by atoms with E-state index in [2.05, 4.69) is 80.1 Å². The first-order valence-electron chi connectivity index (χ1n) is 13.1. The Morgan fingerprint density at radius 2 is 1.30 bits per heavy atom. The van der Waals surface area contributed by atoms with Crippen molar-refractivity contribution in [1.29, 1.82) is 0 Å². The van der Waals surface area contributed by atoms with Gasteiger partial charge in [0.25, 0.3) is 0 Å². The quantitative estimate of drug-likeness (QED) is 0.404. The topological polar surface area (TPSA) is 29.1 Å². The zero-order valence-corrected chi connectivity index (χ0v) is 22.5. The van der Waals surface area contributed by atoms with Gasteiger partial charge < -0.3 is 0 Å². The summed E-state index contributed by atoms with van der Waals surface area (Å²) in [5.74, 6) is 0. The van der Waals surface area contributed by atoms with Crippen molar-refractivity contribution >= 4 is 24.2 Å². The van der Waals surface area contributed by atoms with Gasteiger partial charge in [-0.2, -0.15) is 0 Å². The van der Waals surface area contributed by atoms with Crippen molar-refractivity contribution in [1.82, 2.24) is 4.72 Å². The summed E-state index contributed by atoms with van der Waals surface area (Å²) in [6.45, 7) is 6.17. The molecule has 2 fully saturated rings. The van der Waals surface area contributed by atoms with Crippen molar-refractivity contribution in [3.05, 3.63) is 65.7 Å². The molecule has 2 aliphatic carbocycles. The second-order valence-corrected chi connectivity index (χ2v) is 15.6. The maximum Gasteiger partial charge on any atom is 0.0979 e. The summed E-state index contributed by atoms with van der Waals surface area (Å²) in [7, 11) is -1.37. The first-order chi connectivity index (χ1) is 15.9. The van der Waals surface area contributed by atoms with Crippen molar-refractivity contribution in [3.8, 4) is 0 Å². The number of benzene rings is 2. The van der Waals surface area contributed by atoms with E-state index in [1.807, 2.05) is 0 Å². The van der Waals surface area contributed by atoms with Gasteiger partial charge in [-0.3, -0.25) is 0 Å². The van der Waals surface area contributed by atoms with Gasteiger partial charge in [0.1, 0.15) is 0 Å². The number of rotatable bonds is 7. The molecule has 0 amide bonds. The molecule has 2 saturated carbocycles. The molecule has 0 aromatic heterocycles. The molecular weight excluding hydrogens is 441 g/mol. The lowest BCUT2D eigenvalue weighted by Crippen LogP contribution is -2.38. The van der Waals surface area contributed by atoms with Crippen LogP contribution in [0.2, 0.25) is 0 Å². The molecule has 33 heavy (non-hydrogen) atoms. The largest absolute Gasteiger partial charge is 0.242 e. The van der Waals surface area contributed by atoms with E-state index < -0.39 is 11.0 Å². The average Bonchev–Trinajstić information content (AvgIpc) is 2.84. The standard InChI is InChI=1S/C29H42NOPS/c1-29(2,3)33(31)30-28(23-15-7-4-8-16-23)26-21-13-14-22-27(26)32(24-17-9-5-10-18-24)25-19-11-6-12-20-25/h4,7-8,13-16,21-22,24-25,28,30H,5-6,9-12,17-20H2,1-3H3. The summed E-state index contributed by atoms with van der Waals surface area (Å²) in [6, 6.07) is 19.8. The van der Waals surface area contributed by atoms with Gasteiger partial charge in [-0.15, -0.1) is 0 Å². The van der Waals surface area contributed by atoms with Crippen LogP contribution in [-0.4, -0.2) is 20.3 Å². The molecule has 1 N–H and O–H groups in total. The van der Waals surface area contributed by atoms with Crippen LogP contribution in [0.1, 0.15) is 102 Å². The van der Waals surface area contributed by atoms with E-state index in [0.717, 1.165) is 11.3 Å². The molecule has 2 unspecified atom stereocenters. The van der Waals surface area contributed by atoms with Crippen LogP contribution in [0.15, 0.2) is 54.6 Å². The van der Waals surface area contributed by atoms with Gasteiger partial charge in [0, 0.05) is 0 Å². The lowest BCUT2D eigenvalue weighted by atomic mass is 9.99. The highest BCUT2D eigenvalue weighted by atomic mass is 32.2. The number of nitrogens with one attached hydrogen (secondary N) is 1. The fourth-order valence-corrected chi connectivity index (χ4v) is 10.4. The smallest absolute Gasteiger partial charge is 0.0979 e. The van der Waals surface area contributed by atoms with E-state index in [0.29, 0.717) is 0 Å². The molecule has 0 radical (unpaired) electrons. The molecule has 0 saturated heterocycles. The lowest BCUT2D eigenvalue weighted by Gasteiger charge is -2.40. The van der Waals surface area contributed by atoms with Crippen LogP contribution in [-0.2, 0) is 11.0 Å². The molecule has 2 nitrogen and oxygen atoms in total. The van der Waals surface area contributed by atoms with Crippen molar-refractivity contribution < 1.29 is 4.21 Å². The lowest BCUT2D eigenvalue weighted by molar-refractivity contribution is 0.487. The Labute approximate surface area is 205 Å². The Balaban J connectivity index is 1.77. The van der Waals surface area contributed by atoms with E-state index in [-0.39, 0.29) is 18.7 Å². The van der Waals surface area contributed by atoms with Crippen molar-refractivity contribution in [3.63, 3.8) is 0 Å². The van der Waals surface area contributed by atoms with E-state index in [1.165, 1.54) is 75.3 Å². The molecule has 0 aliphatic heterocycles. The minimum absolute atomic E-state index is 0.0420. The molecule has 2 aromatic rings. The van der Waals surface area contributed by atoms with Crippen LogP contribution in [0, 0.1) is 0 Å². The molecule has 180 valence electrons. The second kappa shape index (κ2) is 11.6.